The minimum absolute atomic E-state index is 0.00198. The molecule has 0 radical (unpaired) electrons. The number of benzene rings is 2. The van der Waals surface area contributed by atoms with Crippen LogP contribution in [0.3, 0.4) is 0 Å². The summed E-state index contributed by atoms with van der Waals surface area (Å²) in [6.45, 7) is 6.55. The summed E-state index contributed by atoms with van der Waals surface area (Å²) in [4.78, 5) is 16.8. The molecule has 8 nitrogen and oxygen atoms in total. The number of carbonyl (C=O) groups is 1. The predicted molar refractivity (Wildman–Crippen MR) is 143 cm³/mol. The van der Waals surface area contributed by atoms with E-state index < -0.39 is 21.5 Å². The minimum Gasteiger partial charge on any atom is -0.444 e. The van der Waals surface area contributed by atoms with E-state index in [9.17, 15) is 13.2 Å². The van der Waals surface area contributed by atoms with E-state index in [1.54, 1.807) is 0 Å². The number of fused-ring (bicyclic) bond motifs is 1. The van der Waals surface area contributed by atoms with Gasteiger partial charge in [0.15, 0.2) is 9.84 Å². The molecule has 9 heteroatoms. The molecule has 1 saturated carbocycles. The molecule has 1 amide bonds. The molecule has 5 rings (SSSR count). The van der Waals surface area contributed by atoms with Gasteiger partial charge in [-0.1, -0.05) is 18.2 Å². The number of hydrogen-bond donors (Lipinski definition) is 2. The molecular weight excluding hydrogens is 476 g/mol. The molecule has 1 aliphatic carbocycles. The molecule has 3 aliphatic rings. The molecule has 2 aromatic rings. The van der Waals surface area contributed by atoms with Gasteiger partial charge >= 0.3 is 6.09 Å². The van der Waals surface area contributed by atoms with Crippen molar-refractivity contribution in [3.05, 3.63) is 53.6 Å². The number of hydrogen-bond acceptors (Lipinski definition) is 7. The normalized spacial score (nSPS) is 23.7. The van der Waals surface area contributed by atoms with Crippen LogP contribution in [0.15, 0.2) is 42.5 Å². The van der Waals surface area contributed by atoms with Crippen molar-refractivity contribution in [3.63, 3.8) is 0 Å². The lowest BCUT2D eigenvalue weighted by molar-refractivity contribution is 0.0636. The highest BCUT2D eigenvalue weighted by Gasteiger charge is 2.42. The van der Waals surface area contributed by atoms with Crippen LogP contribution in [0.1, 0.15) is 63.2 Å². The van der Waals surface area contributed by atoms with Gasteiger partial charge in [0, 0.05) is 36.2 Å². The van der Waals surface area contributed by atoms with E-state index in [0.717, 1.165) is 35.3 Å². The second-order valence-electron chi connectivity index (χ2n) is 11.1. The van der Waals surface area contributed by atoms with Crippen molar-refractivity contribution in [1.82, 2.24) is 0 Å². The molecule has 36 heavy (non-hydrogen) atoms. The first-order valence-electron chi connectivity index (χ1n) is 12.7. The number of amides is 1. The van der Waals surface area contributed by atoms with Crippen LogP contribution in [0.4, 0.5) is 21.9 Å². The van der Waals surface area contributed by atoms with E-state index in [4.69, 9.17) is 10.5 Å². The van der Waals surface area contributed by atoms with Gasteiger partial charge in [0.1, 0.15) is 5.60 Å². The molecular formula is C27H36N4O4S. The molecule has 194 valence electrons. The number of carbonyl (C=O) groups excluding carboxylic acids is 1. The summed E-state index contributed by atoms with van der Waals surface area (Å²) in [5.41, 5.74) is 11.4. The number of ether oxygens (including phenoxy) is 1. The van der Waals surface area contributed by atoms with Crippen LogP contribution in [0.5, 0.6) is 0 Å². The van der Waals surface area contributed by atoms with Crippen LogP contribution < -0.4 is 20.9 Å². The van der Waals surface area contributed by atoms with Gasteiger partial charge in [0.05, 0.1) is 23.6 Å². The molecule has 2 aromatic carbocycles. The van der Waals surface area contributed by atoms with Crippen LogP contribution in [0, 0.1) is 0 Å². The van der Waals surface area contributed by atoms with Crippen LogP contribution in [-0.2, 0) is 14.6 Å². The van der Waals surface area contributed by atoms with Crippen LogP contribution in [0.25, 0.3) is 0 Å². The average molecular weight is 513 g/mol. The number of anilines is 3. The third-order valence-electron chi connectivity index (χ3n) is 7.37. The van der Waals surface area contributed by atoms with E-state index in [1.165, 1.54) is 6.42 Å². The maximum absolute atomic E-state index is 12.2. The van der Waals surface area contributed by atoms with Crippen molar-refractivity contribution in [2.75, 3.05) is 39.7 Å². The van der Waals surface area contributed by atoms with E-state index in [1.807, 2.05) is 45.0 Å². The quantitative estimate of drug-likeness (QED) is 0.626. The number of nitrogens with two attached hydrogens (primary N) is 1. The molecule has 0 bridgehead atoms. The molecule has 0 spiro atoms. The summed E-state index contributed by atoms with van der Waals surface area (Å²) < 4.78 is 29.2. The Morgan fingerprint density at radius 1 is 1.06 bits per heavy atom. The minimum atomic E-state index is -2.93. The zero-order valence-corrected chi connectivity index (χ0v) is 22.1. The maximum atomic E-state index is 12.2. The van der Waals surface area contributed by atoms with Crippen molar-refractivity contribution < 1.29 is 17.9 Å². The summed E-state index contributed by atoms with van der Waals surface area (Å²) in [6.07, 6.45) is 3.00. The van der Waals surface area contributed by atoms with E-state index in [0.29, 0.717) is 24.8 Å². The topological polar surface area (TPSA) is 105 Å². The highest BCUT2D eigenvalue weighted by Crippen LogP contribution is 2.51. The number of sulfone groups is 1. The van der Waals surface area contributed by atoms with Gasteiger partial charge in [-0.25, -0.2) is 13.2 Å². The van der Waals surface area contributed by atoms with Gasteiger partial charge in [-0.05, 0) is 75.4 Å². The molecule has 2 heterocycles. The second-order valence-corrected chi connectivity index (χ2v) is 13.4. The summed E-state index contributed by atoms with van der Waals surface area (Å²) in [5.74, 6) is 0.393. The first-order valence-corrected chi connectivity index (χ1v) is 14.6. The van der Waals surface area contributed by atoms with E-state index in [-0.39, 0.29) is 23.6 Å². The third-order valence-corrected chi connectivity index (χ3v) is 8.98. The van der Waals surface area contributed by atoms with Gasteiger partial charge in [-0.3, -0.25) is 5.32 Å². The molecule has 2 unspecified atom stereocenters. The summed E-state index contributed by atoms with van der Waals surface area (Å²) in [6, 6.07) is 14.5. The maximum Gasteiger partial charge on any atom is 0.412 e. The largest absolute Gasteiger partial charge is 0.444 e. The number of nitrogens with zero attached hydrogens (tertiary/aromatic N) is 2. The molecule has 2 fully saturated rings. The summed E-state index contributed by atoms with van der Waals surface area (Å²) in [5, 5.41) is 2.80. The Morgan fingerprint density at radius 2 is 1.72 bits per heavy atom. The highest BCUT2D eigenvalue weighted by molar-refractivity contribution is 7.91. The Morgan fingerprint density at radius 3 is 2.31 bits per heavy atom. The van der Waals surface area contributed by atoms with E-state index >= 15 is 0 Å². The van der Waals surface area contributed by atoms with Gasteiger partial charge in [-0.15, -0.1) is 0 Å². The second kappa shape index (κ2) is 9.27. The number of nitrogens with one attached hydrogen (secondary N) is 1. The fraction of sp³-hybridized carbons (Fsp3) is 0.519. The van der Waals surface area contributed by atoms with Gasteiger partial charge in [0.2, 0.25) is 0 Å². The van der Waals surface area contributed by atoms with Crippen molar-refractivity contribution in [2.24, 2.45) is 5.73 Å². The first-order chi connectivity index (χ1) is 17.0. The lowest BCUT2D eigenvalue weighted by Crippen LogP contribution is -2.42. The fourth-order valence-corrected chi connectivity index (χ4v) is 6.54. The standard InChI is InChI=1S/C27H36N4O4S/c1-27(2,3)35-26(32)29-19-9-7-18(8-10-19)25-24(28)22-12-11-21(30-13-15-36(33,34)16-14-30)17-23(22)31(25)20-5-4-6-20/h7-12,17,20,24-25H,4-6,13-16,28H2,1-3H3,(H,29,32). The van der Waals surface area contributed by atoms with Gasteiger partial charge in [-0.2, -0.15) is 0 Å². The highest BCUT2D eigenvalue weighted by atomic mass is 32.2. The smallest absolute Gasteiger partial charge is 0.412 e. The van der Waals surface area contributed by atoms with Crippen molar-refractivity contribution >= 4 is 33.0 Å². The molecule has 2 atom stereocenters. The van der Waals surface area contributed by atoms with Crippen molar-refractivity contribution in [3.8, 4) is 0 Å². The predicted octanol–water partition coefficient (Wildman–Crippen LogP) is 4.38. The average Bonchev–Trinajstić information content (AvgIpc) is 3.03. The van der Waals surface area contributed by atoms with E-state index in [2.05, 4.69) is 33.3 Å². The molecule has 3 N–H and O–H groups in total. The molecule has 2 aliphatic heterocycles. The molecule has 0 aromatic heterocycles. The van der Waals surface area contributed by atoms with Gasteiger partial charge in [0.25, 0.3) is 0 Å². The summed E-state index contributed by atoms with van der Waals surface area (Å²) in [7, 11) is -2.93. The van der Waals surface area contributed by atoms with Crippen molar-refractivity contribution in [1.29, 1.82) is 0 Å². The zero-order chi connectivity index (χ0) is 25.7. The van der Waals surface area contributed by atoms with Crippen LogP contribution >= 0.6 is 0 Å². The Bertz CT molecular complexity index is 1220. The monoisotopic (exact) mass is 512 g/mol. The third kappa shape index (κ3) is 5.04. The van der Waals surface area contributed by atoms with Crippen LogP contribution in [0.2, 0.25) is 0 Å². The Labute approximate surface area is 213 Å². The lowest BCUT2D eigenvalue weighted by atomic mass is 9.89. The summed E-state index contributed by atoms with van der Waals surface area (Å²) >= 11 is 0. The van der Waals surface area contributed by atoms with Crippen LogP contribution in [-0.4, -0.2) is 50.7 Å². The SMILES string of the molecule is CC(C)(C)OC(=O)Nc1ccc(C2C(N)c3ccc(N4CCS(=O)(=O)CC4)cc3N2C2CCC2)cc1. The first kappa shape index (κ1) is 24.9. The fourth-order valence-electron chi connectivity index (χ4n) is 5.34. The van der Waals surface area contributed by atoms with Crippen molar-refractivity contribution in [2.45, 2.75) is 63.8 Å². The van der Waals surface area contributed by atoms with Gasteiger partial charge < -0.3 is 20.3 Å². The Balaban J connectivity index is 1.39. The number of rotatable bonds is 4. The zero-order valence-electron chi connectivity index (χ0n) is 21.2. The Hall–Kier alpha value is -2.78. The lowest BCUT2D eigenvalue weighted by Gasteiger charge is -2.42. The Kier molecular flexibility index (Phi) is 6.41. The molecule has 1 saturated heterocycles.